The topological polar surface area (TPSA) is 61.9 Å². The number of benzene rings is 4. The van der Waals surface area contributed by atoms with Gasteiger partial charge in [-0.05, 0) is 61.0 Å². The lowest BCUT2D eigenvalue weighted by Crippen LogP contribution is -2.12. The molecule has 10 heteroatoms. The van der Waals surface area contributed by atoms with Gasteiger partial charge in [0.05, 0.1) is 29.0 Å². The molecule has 0 N–H and O–H groups in total. The van der Waals surface area contributed by atoms with Crippen LogP contribution in [0.3, 0.4) is 0 Å². The minimum atomic E-state index is -4.02. The fourth-order valence-electron chi connectivity index (χ4n) is 4.08. The molecule has 0 aliphatic heterocycles. The molecule has 0 spiro atoms. The van der Waals surface area contributed by atoms with Crippen molar-refractivity contribution in [3.05, 3.63) is 119 Å². The van der Waals surface area contributed by atoms with Crippen LogP contribution in [0.25, 0.3) is 15.7 Å². The van der Waals surface area contributed by atoms with Gasteiger partial charge < -0.3 is 9.47 Å². The molecule has 1 heterocycles. The van der Waals surface area contributed by atoms with Crippen LogP contribution in [0.5, 0.6) is 17.2 Å². The number of halogens is 2. The van der Waals surface area contributed by atoms with Gasteiger partial charge in [0.2, 0.25) is 5.69 Å². The molecule has 0 amide bonds. The minimum Gasteiger partial charge on any atom is -0.497 e. The van der Waals surface area contributed by atoms with Gasteiger partial charge in [-0.2, -0.15) is 0 Å². The van der Waals surface area contributed by atoms with E-state index in [2.05, 4.69) is 4.85 Å². The van der Waals surface area contributed by atoms with Gasteiger partial charge in [0.1, 0.15) is 17.3 Å². The molecule has 0 atom stereocenters. The van der Waals surface area contributed by atoms with Crippen molar-refractivity contribution >= 4 is 38.4 Å². The quantitative estimate of drug-likeness (QED) is 0.138. The van der Waals surface area contributed by atoms with Gasteiger partial charge in [-0.3, -0.25) is 0 Å². The number of ether oxygens (including phenoxy) is 2. The van der Waals surface area contributed by atoms with Crippen molar-refractivity contribution in [3.8, 4) is 17.2 Å². The zero-order chi connectivity index (χ0) is 28.4. The molecule has 40 heavy (non-hydrogen) atoms. The summed E-state index contributed by atoms with van der Waals surface area (Å²) in [7, 11) is -2.45. The van der Waals surface area contributed by atoms with Crippen LogP contribution in [-0.2, 0) is 15.8 Å². The first kappa shape index (κ1) is 27.2. The first-order chi connectivity index (χ1) is 19.2. The first-order valence-electron chi connectivity index (χ1n) is 12.0. The Hall–Kier alpha value is -4.33. The van der Waals surface area contributed by atoms with Crippen LogP contribution in [0.15, 0.2) is 94.9 Å². The van der Waals surface area contributed by atoms with Crippen molar-refractivity contribution in [1.29, 1.82) is 0 Å². The molecule has 6 nitrogen and oxygen atoms in total. The maximum atomic E-state index is 15.8. The van der Waals surface area contributed by atoms with E-state index < -0.39 is 21.7 Å². The van der Waals surface area contributed by atoms with Gasteiger partial charge in [-0.1, -0.05) is 29.8 Å². The Morgan fingerprint density at radius 2 is 1.62 bits per heavy atom. The number of hydrogen-bond donors (Lipinski definition) is 0. The predicted molar refractivity (Wildman–Crippen MR) is 151 cm³/mol. The van der Waals surface area contributed by atoms with Crippen LogP contribution in [0.2, 0.25) is 0 Å². The Morgan fingerprint density at radius 1 is 0.925 bits per heavy atom. The van der Waals surface area contributed by atoms with Crippen molar-refractivity contribution in [2.75, 3.05) is 7.11 Å². The second kappa shape index (κ2) is 11.0. The van der Waals surface area contributed by atoms with E-state index in [1.807, 2.05) is 31.2 Å². The third-order valence-electron chi connectivity index (χ3n) is 6.20. The fraction of sp³-hybridized carbons (Fsp3) is 0.100. The highest BCUT2D eigenvalue weighted by atomic mass is 32.2. The largest absolute Gasteiger partial charge is 0.497 e. The summed E-state index contributed by atoms with van der Waals surface area (Å²) in [6.45, 7) is 9.02. The number of thioether (sulfide) groups is 1. The summed E-state index contributed by atoms with van der Waals surface area (Å²) in [4.78, 5) is 3.57. The Morgan fingerprint density at radius 3 is 2.30 bits per heavy atom. The molecular weight excluding hydrogens is 554 g/mol. The summed E-state index contributed by atoms with van der Waals surface area (Å²) in [5, 5.41) is 0.457. The zero-order valence-corrected chi connectivity index (χ0v) is 23.0. The van der Waals surface area contributed by atoms with Crippen LogP contribution in [-0.4, -0.2) is 19.5 Å². The molecule has 0 aliphatic carbocycles. The lowest BCUT2D eigenvalue weighted by atomic mass is 10.2. The van der Waals surface area contributed by atoms with Gasteiger partial charge in [-0.15, -0.1) is 11.8 Å². The number of nitrogens with zero attached hydrogens (tertiary/aromatic N) is 2. The van der Waals surface area contributed by atoms with Gasteiger partial charge >= 0.3 is 0 Å². The minimum absolute atomic E-state index is 0.0711. The fourth-order valence-corrected chi connectivity index (χ4v) is 6.52. The summed E-state index contributed by atoms with van der Waals surface area (Å²) in [5.41, 5.74) is 1.70. The van der Waals surface area contributed by atoms with Crippen LogP contribution in [0, 0.1) is 25.1 Å². The van der Waals surface area contributed by atoms with Crippen molar-refractivity contribution < 1.29 is 26.7 Å². The molecule has 0 saturated heterocycles. The molecule has 0 unspecified atom stereocenters. The average Bonchev–Trinajstić information content (AvgIpc) is 3.38. The summed E-state index contributed by atoms with van der Waals surface area (Å²) in [6.07, 6.45) is 1.38. The second-order valence-corrected chi connectivity index (χ2v) is 11.6. The van der Waals surface area contributed by atoms with Crippen molar-refractivity contribution in [2.24, 2.45) is 0 Å². The smallest absolute Gasteiger partial charge is 0.268 e. The van der Waals surface area contributed by atoms with Crippen LogP contribution < -0.4 is 9.47 Å². The van der Waals surface area contributed by atoms with Crippen molar-refractivity contribution in [3.63, 3.8) is 0 Å². The average molecular weight is 577 g/mol. The molecular formula is C30H22F2N2O4S2. The van der Waals surface area contributed by atoms with Gasteiger partial charge in [0.15, 0.2) is 11.6 Å². The highest BCUT2D eigenvalue weighted by Gasteiger charge is 2.24. The van der Waals surface area contributed by atoms with E-state index in [9.17, 15) is 12.8 Å². The summed E-state index contributed by atoms with van der Waals surface area (Å²) in [6, 6.07) is 20.0. The highest BCUT2D eigenvalue weighted by Crippen LogP contribution is 2.43. The number of hydrogen-bond acceptors (Lipinski definition) is 5. The normalized spacial score (nSPS) is 11.4. The van der Waals surface area contributed by atoms with E-state index in [1.54, 1.807) is 25.3 Å². The molecule has 0 saturated carbocycles. The lowest BCUT2D eigenvalue weighted by Gasteiger charge is -2.15. The van der Waals surface area contributed by atoms with E-state index in [-0.39, 0.29) is 27.6 Å². The second-order valence-electron chi connectivity index (χ2n) is 8.84. The van der Waals surface area contributed by atoms with Crippen molar-refractivity contribution in [2.45, 2.75) is 22.5 Å². The van der Waals surface area contributed by atoms with Gasteiger partial charge in [-0.25, -0.2) is 26.0 Å². The molecule has 4 aromatic carbocycles. The Labute approximate surface area is 234 Å². The van der Waals surface area contributed by atoms with Crippen LogP contribution in [0.1, 0.15) is 11.1 Å². The van der Waals surface area contributed by atoms with E-state index in [0.29, 0.717) is 21.8 Å². The molecule has 0 fully saturated rings. The Balaban J connectivity index is 1.63. The first-order valence-corrected chi connectivity index (χ1v) is 14.4. The molecule has 5 rings (SSSR count). The van der Waals surface area contributed by atoms with Crippen LogP contribution >= 0.6 is 11.8 Å². The highest BCUT2D eigenvalue weighted by molar-refractivity contribution is 7.98. The molecule has 0 radical (unpaired) electrons. The standard InChI is InChI=1S/C30H22F2N2O4S2/c1-19-4-11-23(12-5-19)40(35,36)34-15-14-24-28(34)17-26(32)29(38-22-10-13-25(31)27(16-22)33-2)30(24)39-18-20-6-8-21(37-3)9-7-20/h4-17H,18H2,1,3H3. The lowest BCUT2D eigenvalue weighted by molar-refractivity contribution is 0.414. The molecule has 0 aliphatic rings. The number of methoxy groups -OCH3 is 1. The number of rotatable bonds is 8. The summed E-state index contributed by atoms with van der Waals surface area (Å²) >= 11 is 1.26. The van der Waals surface area contributed by atoms with Gasteiger partial charge in [0.25, 0.3) is 10.0 Å². The summed E-state index contributed by atoms with van der Waals surface area (Å²) < 4.78 is 68.8. The number of fused-ring (bicyclic) bond motifs is 1. The number of aromatic nitrogens is 1. The molecule has 202 valence electrons. The number of aryl methyl sites for hydroxylation is 1. The van der Waals surface area contributed by atoms with E-state index in [4.69, 9.17) is 16.0 Å². The summed E-state index contributed by atoms with van der Waals surface area (Å²) in [5.74, 6) is -0.506. The van der Waals surface area contributed by atoms with Gasteiger partial charge in [0, 0.05) is 23.4 Å². The third-order valence-corrected chi connectivity index (χ3v) is 9.08. The Bertz CT molecular complexity index is 1860. The molecule has 5 aromatic rings. The zero-order valence-electron chi connectivity index (χ0n) is 21.4. The third kappa shape index (κ3) is 5.26. The van der Waals surface area contributed by atoms with Crippen molar-refractivity contribution in [1.82, 2.24) is 3.97 Å². The maximum Gasteiger partial charge on any atom is 0.268 e. The van der Waals surface area contributed by atoms with E-state index in [0.717, 1.165) is 27.2 Å². The van der Waals surface area contributed by atoms with E-state index in [1.165, 1.54) is 42.2 Å². The SMILES string of the molecule is [C-]#[N+]c1cc(Oc2c(F)cc3c(ccn3S(=O)(=O)c3ccc(C)cc3)c2SCc2ccc(OC)cc2)ccc1F. The van der Waals surface area contributed by atoms with Crippen LogP contribution in [0.4, 0.5) is 14.5 Å². The molecule has 1 aromatic heterocycles. The predicted octanol–water partition coefficient (Wildman–Crippen LogP) is 8.11. The monoisotopic (exact) mass is 576 g/mol. The maximum absolute atomic E-state index is 15.8. The molecule has 0 bridgehead atoms. The van der Waals surface area contributed by atoms with E-state index >= 15 is 4.39 Å². The Kier molecular flexibility index (Phi) is 7.52.